The molecule has 0 radical (unpaired) electrons. The lowest BCUT2D eigenvalue weighted by atomic mass is 9.77. The maximum Gasteiger partial charge on any atom is 0.291 e. The summed E-state index contributed by atoms with van der Waals surface area (Å²) in [5.74, 6) is 1.84. The van der Waals surface area contributed by atoms with E-state index >= 15 is 0 Å². The summed E-state index contributed by atoms with van der Waals surface area (Å²) in [7, 11) is 0. The van der Waals surface area contributed by atoms with Crippen LogP contribution in [0.25, 0.3) is 0 Å². The Morgan fingerprint density at radius 1 is 1.38 bits per heavy atom. The van der Waals surface area contributed by atoms with Crippen molar-refractivity contribution in [2.75, 3.05) is 19.9 Å². The smallest absolute Gasteiger partial charge is 0.291 e. The van der Waals surface area contributed by atoms with Crippen LogP contribution in [-0.4, -0.2) is 45.9 Å². The van der Waals surface area contributed by atoms with Crippen LogP contribution < -0.4 is 9.47 Å². The molecule has 1 atom stereocenters. The van der Waals surface area contributed by atoms with Crippen molar-refractivity contribution < 1.29 is 14.3 Å². The van der Waals surface area contributed by atoms with Gasteiger partial charge < -0.3 is 14.4 Å². The Morgan fingerprint density at radius 3 is 3.08 bits per heavy atom. The molecule has 3 heterocycles. The summed E-state index contributed by atoms with van der Waals surface area (Å²) < 4.78 is 10.8. The molecule has 1 unspecified atom stereocenters. The summed E-state index contributed by atoms with van der Waals surface area (Å²) in [5.41, 5.74) is 1.23. The fourth-order valence-corrected chi connectivity index (χ4v) is 3.64. The van der Waals surface area contributed by atoms with Crippen LogP contribution in [0.3, 0.4) is 0 Å². The molecule has 0 saturated carbocycles. The van der Waals surface area contributed by atoms with Gasteiger partial charge in [0.25, 0.3) is 5.91 Å². The Kier molecular flexibility index (Phi) is 3.63. The first kappa shape index (κ1) is 15.0. The van der Waals surface area contributed by atoms with Crippen LogP contribution in [0.1, 0.15) is 35.9 Å². The third-order valence-corrected chi connectivity index (χ3v) is 4.75. The lowest BCUT2D eigenvalue weighted by Gasteiger charge is -2.40. The van der Waals surface area contributed by atoms with E-state index in [2.05, 4.69) is 28.2 Å². The highest BCUT2D eigenvalue weighted by Gasteiger charge is 2.34. The first-order valence-electron chi connectivity index (χ1n) is 8.16. The molecule has 1 N–H and O–H groups in total. The highest BCUT2D eigenvalue weighted by atomic mass is 16.7. The molecular formula is C17H20N4O3. The van der Waals surface area contributed by atoms with Gasteiger partial charge in [-0.1, -0.05) is 13.0 Å². The maximum atomic E-state index is 12.5. The number of aromatic amines is 1. The van der Waals surface area contributed by atoms with E-state index in [4.69, 9.17) is 9.47 Å². The van der Waals surface area contributed by atoms with Crippen molar-refractivity contribution in [2.24, 2.45) is 5.41 Å². The van der Waals surface area contributed by atoms with Crippen LogP contribution in [-0.2, 0) is 6.42 Å². The second-order valence-electron chi connectivity index (χ2n) is 6.84. The number of carbonyl (C=O) groups excluding carboxylic acids is 1. The lowest BCUT2D eigenvalue weighted by molar-refractivity contribution is 0.0539. The number of hydrogen-bond acceptors (Lipinski definition) is 5. The van der Waals surface area contributed by atoms with Crippen molar-refractivity contribution in [2.45, 2.75) is 26.2 Å². The summed E-state index contributed by atoms with van der Waals surface area (Å²) in [6, 6.07) is 6.09. The number of fused-ring (bicyclic) bond motifs is 1. The van der Waals surface area contributed by atoms with E-state index in [0.717, 1.165) is 37.3 Å². The van der Waals surface area contributed by atoms with E-state index in [9.17, 15) is 4.79 Å². The molecule has 0 bridgehead atoms. The number of carbonyl (C=O) groups is 1. The molecule has 4 rings (SSSR count). The average molecular weight is 328 g/mol. The topological polar surface area (TPSA) is 80.3 Å². The van der Waals surface area contributed by atoms with E-state index in [0.29, 0.717) is 12.4 Å². The Bertz CT molecular complexity index is 746. The molecule has 1 fully saturated rings. The zero-order chi connectivity index (χ0) is 16.6. The summed E-state index contributed by atoms with van der Waals surface area (Å²) in [6.45, 7) is 3.99. The Balaban J connectivity index is 1.49. The molecular weight excluding hydrogens is 308 g/mol. The molecule has 2 aliphatic rings. The minimum Gasteiger partial charge on any atom is -0.454 e. The van der Waals surface area contributed by atoms with Crippen LogP contribution in [0, 0.1) is 5.41 Å². The molecule has 2 aromatic rings. The minimum atomic E-state index is -0.0795. The number of amides is 1. The van der Waals surface area contributed by atoms with Crippen LogP contribution in [0.5, 0.6) is 11.5 Å². The standard InChI is InChI=1S/C17H20N4O3/c1-17(8-12-3-4-13-14(7-12)24-11-23-13)5-2-6-21(9-17)16(22)15-18-10-19-20-15/h3-4,7,10H,2,5-6,8-9,11H2,1H3,(H,18,19,20). The fraction of sp³-hybridized carbons (Fsp3) is 0.471. The zero-order valence-electron chi connectivity index (χ0n) is 13.6. The van der Waals surface area contributed by atoms with Crippen LogP contribution in [0.15, 0.2) is 24.5 Å². The molecule has 0 spiro atoms. The summed E-state index contributed by atoms with van der Waals surface area (Å²) >= 11 is 0. The highest BCUT2D eigenvalue weighted by Crippen LogP contribution is 2.37. The third kappa shape index (κ3) is 2.81. The monoisotopic (exact) mass is 328 g/mol. The quantitative estimate of drug-likeness (QED) is 0.932. The number of benzene rings is 1. The molecule has 1 aromatic carbocycles. The van der Waals surface area contributed by atoms with Crippen molar-refractivity contribution in [3.63, 3.8) is 0 Å². The number of nitrogens with one attached hydrogen (secondary N) is 1. The number of aromatic nitrogens is 3. The molecule has 0 aliphatic carbocycles. The van der Waals surface area contributed by atoms with Gasteiger partial charge in [-0.05, 0) is 42.4 Å². The van der Waals surface area contributed by atoms with E-state index in [1.165, 1.54) is 11.9 Å². The van der Waals surface area contributed by atoms with E-state index in [-0.39, 0.29) is 18.1 Å². The summed E-state index contributed by atoms with van der Waals surface area (Å²) in [6.07, 6.45) is 4.33. The molecule has 7 heteroatoms. The number of hydrogen-bond donors (Lipinski definition) is 1. The summed E-state index contributed by atoms with van der Waals surface area (Å²) in [5, 5.41) is 6.42. The first-order valence-corrected chi connectivity index (χ1v) is 8.16. The van der Waals surface area contributed by atoms with E-state index < -0.39 is 0 Å². The number of ether oxygens (including phenoxy) is 2. The SMILES string of the molecule is CC1(Cc2ccc3c(c2)OCO3)CCCN(C(=O)c2ncn[nH]2)C1. The minimum absolute atomic E-state index is 0.0294. The maximum absolute atomic E-state index is 12.5. The van der Waals surface area contributed by atoms with Gasteiger partial charge in [0.15, 0.2) is 11.5 Å². The van der Waals surface area contributed by atoms with Crippen molar-refractivity contribution in [1.29, 1.82) is 0 Å². The van der Waals surface area contributed by atoms with E-state index in [1.54, 1.807) is 0 Å². The highest BCUT2D eigenvalue weighted by molar-refractivity contribution is 5.90. The normalized spacial score (nSPS) is 22.6. The van der Waals surface area contributed by atoms with Gasteiger partial charge >= 0.3 is 0 Å². The Hall–Kier alpha value is -2.57. The van der Waals surface area contributed by atoms with Gasteiger partial charge in [0.1, 0.15) is 6.33 Å². The van der Waals surface area contributed by atoms with Crippen LogP contribution in [0.2, 0.25) is 0 Å². The average Bonchev–Trinajstić information content (AvgIpc) is 3.25. The van der Waals surface area contributed by atoms with Gasteiger partial charge in [0.05, 0.1) is 0 Å². The third-order valence-electron chi connectivity index (χ3n) is 4.75. The number of piperidine rings is 1. The predicted molar refractivity (Wildman–Crippen MR) is 85.9 cm³/mol. The second kappa shape index (κ2) is 5.81. The second-order valence-corrected chi connectivity index (χ2v) is 6.84. The van der Waals surface area contributed by atoms with Crippen LogP contribution >= 0.6 is 0 Å². The molecule has 1 saturated heterocycles. The largest absolute Gasteiger partial charge is 0.454 e. The van der Waals surface area contributed by atoms with Gasteiger partial charge in [-0.3, -0.25) is 9.89 Å². The fourth-order valence-electron chi connectivity index (χ4n) is 3.64. The van der Waals surface area contributed by atoms with Crippen LogP contribution in [0.4, 0.5) is 0 Å². The van der Waals surface area contributed by atoms with E-state index in [1.807, 2.05) is 17.0 Å². The van der Waals surface area contributed by atoms with Gasteiger partial charge in [-0.25, -0.2) is 4.98 Å². The van der Waals surface area contributed by atoms with Crippen molar-refractivity contribution >= 4 is 5.91 Å². The summed E-state index contributed by atoms with van der Waals surface area (Å²) in [4.78, 5) is 18.4. The molecule has 24 heavy (non-hydrogen) atoms. The van der Waals surface area contributed by atoms with Gasteiger partial charge in [-0.2, -0.15) is 5.10 Å². The number of likely N-dealkylation sites (tertiary alicyclic amines) is 1. The van der Waals surface area contributed by atoms with Gasteiger partial charge in [0.2, 0.25) is 12.6 Å². The molecule has 7 nitrogen and oxygen atoms in total. The number of H-pyrrole nitrogens is 1. The number of nitrogens with zero attached hydrogens (tertiary/aromatic N) is 3. The van der Waals surface area contributed by atoms with Crippen molar-refractivity contribution in [3.05, 3.63) is 35.9 Å². The van der Waals surface area contributed by atoms with Crippen molar-refractivity contribution in [3.8, 4) is 11.5 Å². The van der Waals surface area contributed by atoms with Gasteiger partial charge in [0, 0.05) is 13.1 Å². The van der Waals surface area contributed by atoms with Crippen molar-refractivity contribution in [1.82, 2.24) is 20.1 Å². The lowest BCUT2D eigenvalue weighted by Crippen LogP contribution is -2.46. The first-order chi connectivity index (χ1) is 11.6. The number of rotatable bonds is 3. The predicted octanol–water partition coefficient (Wildman–Crippen LogP) is 2.02. The zero-order valence-corrected chi connectivity index (χ0v) is 13.6. The molecule has 126 valence electrons. The van der Waals surface area contributed by atoms with Gasteiger partial charge in [-0.15, -0.1) is 0 Å². The molecule has 1 aromatic heterocycles. The molecule has 1 amide bonds. The Morgan fingerprint density at radius 2 is 2.25 bits per heavy atom. The Labute approximate surface area is 140 Å². The molecule has 2 aliphatic heterocycles.